The summed E-state index contributed by atoms with van der Waals surface area (Å²) < 4.78 is 5.63. The van der Waals surface area contributed by atoms with E-state index in [-0.39, 0.29) is 0 Å². The standard InChI is InChI=1S/C16H16O/c1-2-5-13(6-3-1)11-14-8-9-16-15(12-14)7-4-10-17-16/h1-3,5-6,8-9,12H,4,7,10-11H2. The first-order chi connectivity index (χ1) is 8.42. The maximum atomic E-state index is 5.63. The fraction of sp³-hybridized carbons (Fsp3) is 0.250. The zero-order valence-corrected chi connectivity index (χ0v) is 9.86. The fourth-order valence-electron chi connectivity index (χ4n) is 2.36. The summed E-state index contributed by atoms with van der Waals surface area (Å²) in [6, 6.07) is 17.2. The largest absolute Gasteiger partial charge is 0.493 e. The van der Waals surface area contributed by atoms with E-state index in [1.807, 2.05) is 0 Å². The summed E-state index contributed by atoms with van der Waals surface area (Å²) >= 11 is 0. The van der Waals surface area contributed by atoms with Gasteiger partial charge in [0.2, 0.25) is 0 Å². The van der Waals surface area contributed by atoms with Crippen molar-refractivity contribution >= 4 is 0 Å². The van der Waals surface area contributed by atoms with Gasteiger partial charge in [-0.1, -0.05) is 42.5 Å². The number of ether oxygens (including phenoxy) is 1. The van der Waals surface area contributed by atoms with Crippen LogP contribution in [0.25, 0.3) is 0 Å². The smallest absolute Gasteiger partial charge is 0.122 e. The molecule has 1 aliphatic rings. The van der Waals surface area contributed by atoms with Crippen molar-refractivity contribution in [3.8, 4) is 5.75 Å². The second kappa shape index (κ2) is 4.62. The molecule has 3 rings (SSSR count). The van der Waals surface area contributed by atoms with Crippen LogP contribution in [0.3, 0.4) is 0 Å². The van der Waals surface area contributed by atoms with Crippen LogP contribution in [0.4, 0.5) is 0 Å². The molecule has 2 aromatic carbocycles. The van der Waals surface area contributed by atoms with Gasteiger partial charge in [0.15, 0.2) is 0 Å². The molecule has 0 aromatic heterocycles. The minimum Gasteiger partial charge on any atom is -0.493 e. The molecule has 0 bridgehead atoms. The summed E-state index contributed by atoms with van der Waals surface area (Å²) in [5.74, 6) is 1.08. The Labute approximate surface area is 102 Å². The third kappa shape index (κ3) is 2.33. The van der Waals surface area contributed by atoms with Crippen LogP contribution in [-0.2, 0) is 12.8 Å². The van der Waals surface area contributed by atoms with Crippen molar-refractivity contribution in [2.24, 2.45) is 0 Å². The number of rotatable bonds is 2. The van der Waals surface area contributed by atoms with Gasteiger partial charge in [-0.15, -0.1) is 0 Å². The molecule has 0 aliphatic carbocycles. The van der Waals surface area contributed by atoms with Crippen LogP contribution >= 0.6 is 0 Å². The molecule has 0 amide bonds. The van der Waals surface area contributed by atoms with Crippen LogP contribution in [0.5, 0.6) is 5.75 Å². The predicted octanol–water partition coefficient (Wildman–Crippen LogP) is 3.60. The molecule has 0 radical (unpaired) electrons. The molecule has 0 unspecified atom stereocenters. The van der Waals surface area contributed by atoms with Crippen LogP contribution in [0.15, 0.2) is 48.5 Å². The number of benzene rings is 2. The van der Waals surface area contributed by atoms with Gasteiger partial charge < -0.3 is 4.74 Å². The van der Waals surface area contributed by atoms with Gasteiger partial charge in [-0.05, 0) is 42.0 Å². The highest BCUT2D eigenvalue weighted by Gasteiger charge is 2.10. The lowest BCUT2D eigenvalue weighted by Gasteiger charge is -2.17. The summed E-state index contributed by atoms with van der Waals surface area (Å²) in [6.07, 6.45) is 3.30. The van der Waals surface area contributed by atoms with Gasteiger partial charge in [0.05, 0.1) is 6.61 Å². The van der Waals surface area contributed by atoms with E-state index < -0.39 is 0 Å². The van der Waals surface area contributed by atoms with E-state index in [1.165, 1.54) is 16.7 Å². The maximum absolute atomic E-state index is 5.63. The third-order valence-corrected chi connectivity index (χ3v) is 3.22. The van der Waals surface area contributed by atoms with Crippen molar-refractivity contribution in [1.82, 2.24) is 0 Å². The van der Waals surface area contributed by atoms with E-state index in [0.29, 0.717) is 0 Å². The first-order valence-electron chi connectivity index (χ1n) is 6.20. The molecule has 1 heterocycles. The first kappa shape index (κ1) is 10.4. The third-order valence-electron chi connectivity index (χ3n) is 3.22. The average molecular weight is 224 g/mol. The predicted molar refractivity (Wildman–Crippen MR) is 69.5 cm³/mol. The second-order valence-corrected chi connectivity index (χ2v) is 4.56. The Morgan fingerprint density at radius 1 is 0.941 bits per heavy atom. The SMILES string of the molecule is c1ccc(Cc2ccc3c(c2)CCCO3)cc1. The fourth-order valence-corrected chi connectivity index (χ4v) is 2.36. The summed E-state index contributed by atoms with van der Waals surface area (Å²) in [5, 5.41) is 0. The van der Waals surface area contributed by atoms with E-state index in [2.05, 4.69) is 48.5 Å². The molecule has 17 heavy (non-hydrogen) atoms. The molecule has 0 saturated heterocycles. The molecule has 0 saturated carbocycles. The van der Waals surface area contributed by atoms with Gasteiger partial charge in [0.1, 0.15) is 5.75 Å². The van der Waals surface area contributed by atoms with Gasteiger partial charge >= 0.3 is 0 Å². The van der Waals surface area contributed by atoms with Crippen LogP contribution < -0.4 is 4.74 Å². The molecular formula is C16H16O. The van der Waals surface area contributed by atoms with Crippen LogP contribution in [0.1, 0.15) is 23.1 Å². The summed E-state index contributed by atoms with van der Waals surface area (Å²) in [4.78, 5) is 0. The van der Waals surface area contributed by atoms with Crippen molar-refractivity contribution in [3.63, 3.8) is 0 Å². The first-order valence-corrected chi connectivity index (χ1v) is 6.20. The second-order valence-electron chi connectivity index (χ2n) is 4.56. The lowest BCUT2D eigenvalue weighted by atomic mass is 9.99. The zero-order chi connectivity index (χ0) is 11.5. The molecule has 0 atom stereocenters. The van der Waals surface area contributed by atoms with Crippen molar-refractivity contribution in [2.45, 2.75) is 19.3 Å². The zero-order valence-electron chi connectivity index (χ0n) is 9.86. The number of aryl methyl sites for hydroxylation is 1. The molecule has 0 N–H and O–H groups in total. The summed E-state index contributed by atoms with van der Waals surface area (Å²) in [7, 11) is 0. The Hall–Kier alpha value is -1.76. The highest BCUT2D eigenvalue weighted by molar-refractivity contribution is 5.40. The van der Waals surface area contributed by atoms with Gasteiger partial charge in [-0.3, -0.25) is 0 Å². The minimum absolute atomic E-state index is 0.866. The van der Waals surface area contributed by atoms with E-state index in [4.69, 9.17) is 4.74 Å². The molecule has 2 aromatic rings. The van der Waals surface area contributed by atoms with Gasteiger partial charge in [0, 0.05) is 0 Å². The molecule has 86 valence electrons. The molecule has 1 nitrogen and oxygen atoms in total. The van der Waals surface area contributed by atoms with Gasteiger partial charge in [0.25, 0.3) is 0 Å². The van der Waals surface area contributed by atoms with Crippen LogP contribution in [0, 0.1) is 0 Å². The Morgan fingerprint density at radius 2 is 1.82 bits per heavy atom. The highest BCUT2D eigenvalue weighted by Crippen LogP contribution is 2.26. The molecule has 1 aliphatic heterocycles. The van der Waals surface area contributed by atoms with Crippen molar-refractivity contribution in [3.05, 3.63) is 65.2 Å². The van der Waals surface area contributed by atoms with E-state index in [0.717, 1.165) is 31.6 Å². The van der Waals surface area contributed by atoms with E-state index in [9.17, 15) is 0 Å². The van der Waals surface area contributed by atoms with Gasteiger partial charge in [-0.25, -0.2) is 0 Å². The molecule has 1 heteroatoms. The van der Waals surface area contributed by atoms with E-state index >= 15 is 0 Å². The Morgan fingerprint density at radius 3 is 2.71 bits per heavy atom. The molecular weight excluding hydrogens is 208 g/mol. The van der Waals surface area contributed by atoms with Crippen LogP contribution in [0.2, 0.25) is 0 Å². The Balaban J connectivity index is 1.84. The normalized spacial score (nSPS) is 13.9. The maximum Gasteiger partial charge on any atom is 0.122 e. The van der Waals surface area contributed by atoms with Crippen molar-refractivity contribution in [1.29, 1.82) is 0 Å². The average Bonchev–Trinajstić information content (AvgIpc) is 2.40. The van der Waals surface area contributed by atoms with Crippen molar-refractivity contribution < 1.29 is 4.74 Å². The van der Waals surface area contributed by atoms with E-state index in [1.54, 1.807) is 0 Å². The monoisotopic (exact) mass is 224 g/mol. The summed E-state index contributed by atoms with van der Waals surface area (Å²) in [6.45, 7) is 0.866. The number of fused-ring (bicyclic) bond motifs is 1. The lowest BCUT2D eigenvalue weighted by molar-refractivity contribution is 0.288. The molecule has 0 spiro atoms. The van der Waals surface area contributed by atoms with Crippen LogP contribution in [-0.4, -0.2) is 6.61 Å². The lowest BCUT2D eigenvalue weighted by Crippen LogP contribution is -2.08. The minimum atomic E-state index is 0.866. The van der Waals surface area contributed by atoms with Gasteiger partial charge in [-0.2, -0.15) is 0 Å². The number of hydrogen-bond acceptors (Lipinski definition) is 1. The number of hydrogen-bond donors (Lipinski definition) is 0. The molecule has 0 fully saturated rings. The quantitative estimate of drug-likeness (QED) is 0.757. The topological polar surface area (TPSA) is 9.23 Å². The highest BCUT2D eigenvalue weighted by atomic mass is 16.5. The van der Waals surface area contributed by atoms with Crippen molar-refractivity contribution in [2.75, 3.05) is 6.61 Å². The summed E-state index contributed by atoms with van der Waals surface area (Å²) in [5.41, 5.74) is 4.11. The Bertz CT molecular complexity index is 502. The Kier molecular flexibility index (Phi) is 2.83.